The summed E-state index contributed by atoms with van der Waals surface area (Å²) in [6.45, 7) is 0.247. The molecule has 0 atom stereocenters. The van der Waals surface area contributed by atoms with Crippen molar-refractivity contribution in [3.8, 4) is 5.75 Å². The van der Waals surface area contributed by atoms with Gasteiger partial charge >= 0.3 is 0 Å². The smallest absolute Gasteiger partial charge is 0.161 e. The molecule has 152 valence electrons. The normalized spacial score (nSPS) is 30.2. The van der Waals surface area contributed by atoms with Crippen LogP contribution in [0, 0.1) is 23.2 Å². The van der Waals surface area contributed by atoms with E-state index in [2.05, 4.69) is 0 Å². The largest absolute Gasteiger partial charge is 0.484 e. The monoisotopic (exact) mass is 430 g/mol. The van der Waals surface area contributed by atoms with Crippen LogP contribution in [0.5, 0.6) is 5.75 Å². The van der Waals surface area contributed by atoms with Gasteiger partial charge in [0.05, 0.1) is 5.02 Å². The molecule has 6 rings (SSSR count). The molecule has 0 radical (unpaired) electrons. The van der Waals surface area contributed by atoms with Gasteiger partial charge in [-0.15, -0.1) is 0 Å². The number of hydrogen-bond acceptors (Lipinski definition) is 3. The van der Waals surface area contributed by atoms with E-state index in [1.54, 1.807) is 30.4 Å². The van der Waals surface area contributed by atoms with Crippen molar-refractivity contribution in [2.45, 2.75) is 45.1 Å². The highest BCUT2D eigenvalue weighted by molar-refractivity contribution is 6.34. The van der Waals surface area contributed by atoms with Crippen molar-refractivity contribution in [2.75, 3.05) is 0 Å². The lowest BCUT2D eigenvalue weighted by Gasteiger charge is -2.55. The number of carbonyl (C=O) groups excluding carboxylic acids is 1. The fraction of sp³-hybridized carbons (Fsp3) is 0.458. The Morgan fingerprint density at radius 3 is 2.45 bits per heavy atom. The molecule has 0 spiro atoms. The Morgan fingerprint density at radius 1 is 1.07 bits per heavy atom. The summed E-state index contributed by atoms with van der Waals surface area (Å²) in [5, 5.41) is 1.07. The van der Waals surface area contributed by atoms with Crippen LogP contribution in [-0.4, -0.2) is 5.78 Å². The van der Waals surface area contributed by atoms with Gasteiger partial charge in [-0.2, -0.15) is 0 Å². The van der Waals surface area contributed by atoms with Gasteiger partial charge < -0.3 is 9.15 Å². The zero-order valence-electron chi connectivity index (χ0n) is 16.2. The van der Waals surface area contributed by atoms with Crippen LogP contribution < -0.4 is 4.74 Å². The van der Waals surface area contributed by atoms with Crippen molar-refractivity contribution in [1.29, 1.82) is 0 Å². The van der Waals surface area contributed by atoms with Crippen LogP contribution in [0.2, 0.25) is 10.0 Å². The first-order valence-electron chi connectivity index (χ1n) is 10.4. The van der Waals surface area contributed by atoms with Crippen LogP contribution in [-0.2, 0) is 11.4 Å². The molecule has 0 saturated heterocycles. The molecule has 0 N–H and O–H groups in total. The van der Waals surface area contributed by atoms with Gasteiger partial charge in [0.2, 0.25) is 0 Å². The maximum atomic E-state index is 13.1. The third kappa shape index (κ3) is 3.87. The van der Waals surface area contributed by atoms with Gasteiger partial charge in [0.25, 0.3) is 0 Å². The van der Waals surface area contributed by atoms with Crippen LogP contribution >= 0.6 is 23.2 Å². The first kappa shape index (κ1) is 19.3. The van der Waals surface area contributed by atoms with Crippen molar-refractivity contribution in [3.63, 3.8) is 0 Å². The van der Waals surface area contributed by atoms with Gasteiger partial charge in [0, 0.05) is 16.5 Å². The molecule has 3 nitrogen and oxygen atoms in total. The van der Waals surface area contributed by atoms with E-state index in [4.69, 9.17) is 32.4 Å². The summed E-state index contributed by atoms with van der Waals surface area (Å²) >= 11 is 12.1. The van der Waals surface area contributed by atoms with E-state index >= 15 is 0 Å². The number of halogens is 2. The minimum atomic E-state index is -0.104. The number of ether oxygens (including phenoxy) is 1. The summed E-state index contributed by atoms with van der Waals surface area (Å²) in [6, 6.07) is 8.81. The molecule has 2 aromatic rings. The molecule has 4 bridgehead atoms. The summed E-state index contributed by atoms with van der Waals surface area (Å²) in [7, 11) is 0. The second-order valence-corrected chi connectivity index (χ2v) is 9.91. The van der Waals surface area contributed by atoms with E-state index in [-0.39, 0.29) is 17.8 Å². The SMILES string of the molecule is O=C(/C=C/c1ccc(COc2cc(Cl)ccc2Cl)o1)C12CC3CC(CC(C3)C1)C2. The van der Waals surface area contributed by atoms with Gasteiger partial charge in [-0.05, 0) is 92.7 Å². The van der Waals surface area contributed by atoms with E-state index in [0.29, 0.717) is 27.3 Å². The molecule has 5 heteroatoms. The Morgan fingerprint density at radius 2 is 1.76 bits per heavy atom. The number of hydrogen-bond donors (Lipinski definition) is 0. The fourth-order valence-electron chi connectivity index (χ4n) is 6.05. The zero-order chi connectivity index (χ0) is 20.0. The lowest BCUT2D eigenvalue weighted by Crippen LogP contribution is -2.49. The van der Waals surface area contributed by atoms with E-state index in [9.17, 15) is 4.79 Å². The van der Waals surface area contributed by atoms with Crippen LogP contribution in [0.15, 0.2) is 40.8 Å². The van der Waals surface area contributed by atoms with Gasteiger partial charge in [-0.25, -0.2) is 0 Å². The van der Waals surface area contributed by atoms with Gasteiger partial charge in [-0.1, -0.05) is 23.2 Å². The number of benzene rings is 1. The molecular formula is C24H24Cl2O3. The maximum absolute atomic E-state index is 13.1. The van der Waals surface area contributed by atoms with Crippen LogP contribution in [0.1, 0.15) is 50.0 Å². The fourth-order valence-corrected chi connectivity index (χ4v) is 6.38. The molecule has 1 aromatic heterocycles. The first-order valence-corrected chi connectivity index (χ1v) is 11.1. The molecule has 0 aliphatic heterocycles. The summed E-state index contributed by atoms with van der Waals surface area (Å²) in [4.78, 5) is 13.1. The van der Waals surface area contributed by atoms with Crippen molar-refractivity contribution < 1.29 is 13.9 Å². The van der Waals surface area contributed by atoms with E-state index in [0.717, 1.165) is 37.0 Å². The Labute approximate surface area is 181 Å². The molecule has 4 fully saturated rings. The summed E-state index contributed by atoms with van der Waals surface area (Å²) in [6.07, 6.45) is 10.8. The topological polar surface area (TPSA) is 39.4 Å². The van der Waals surface area contributed by atoms with Gasteiger partial charge in [0.1, 0.15) is 23.9 Å². The second kappa shape index (κ2) is 7.52. The number of furan rings is 1. The average molecular weight is 431 g/mol. The third-order valence-corrected chi connectivity index (χ3v) is 7.45. The minimum absolute atomic E-state index is 0.104. The predicted molar refractivity (Wildman–Crippen MR) is 114 cm³/mol. The lowest BCUT2D eigenvalue weighted by atomic mass is 9.48. The predicted octanol–water partition coefficient (Wildman–Crippen LogP) is 6.96. The van der Waals surface area contributed by atoms with E-state index in [1.165, 1.54) is 19.3 Å². The molecule has 0 amide bonds. The van der Waals surface area contributed by atoms with Crippen molar-refractivity contribution in [3.05, 3.63) is 58.0 Å². The van der Waals surface area contributed by atoms with Crippen molar-refractivity contribution >= 4 is 35.1 Å². The highest BCUT2D eigenvalue weighted by Gasteiger charge is 2.53. The highest BCUT2D eigenvalue weighted by atomic mass is 35.5. The highest BCUT2D eigenvalue weighted by Crippen LogP contribution is 2.60. The summed E-state index contributed by atoms with van der Waals surface area (Å²) in [5.41, 5.74) is -0.104. The Kier molecular flexibility index (Phi) is 4.99. The Balaban J connectivity index is 1.23. The number of ketones is 1. The number of carbonyl (C=O) groups is 1. The van der Waals surface area contributed by atoms with Crippen LogP contribution in [0.4, 0.5) is 0 Å². The average Bonchev–Trinajstić information content (AvgIpc) is 3.13. The molecule has 0 unspecified atom stereocenters. The molecular weight excluding hydrogens is 407 g/mol. The molecule has 4 aliphatic rings. The van der Waals surface area contributed by atoms with E-state index < -0.39 is 0 Å². The van der Waals surface area contributed by atoms with Gasteiger partial charge in [0.15, 0.2) is 5.78 Å². The van der Waals surface area contributed by atoms with E-state index in [1.807, 2.05) is 12.1 Å². The number of rotatable bonds is 6. The third-order valence-electron chi connectivity index (χ3n) is 6.91. The van der Waals surface area contributed by atoms with Crippen LogP contribution in [0.25, 0.3) is 6.08 Å². The standard InChI is InChI=1S/C24H24Cl2O3/c25-18-1-5-21(26)22(10-18)28-14-20-3-2-19(29-20)4-6-23(27)24-11-15-7-16(12-24)9-17(8-15)13-24/h1-6,10,15-17H,7-9,11-14H2/b6-4+. The summed E-state index contributed by atoms with van der Waals surface area (Å²) in [5.74, 6) is 4.45. The maximum Gasteiger partial charge on any atom is 0.161 e. The van der Waals surface area contributed by atoms with Crippen LogP contribution in [0.3, 0.4) is 0 Å². The molecule has 4 saturated carbocycles. The molecule has 4 aliphatic carbocycles. The van der Waals surface area contributed by atoms with Gasteiger partial charge in [-0.3, -0.25) is 4.79 Å². The zero-order valence-corrected chi connectivity index (χ0v) is 17.7. The molecule has 1 heterocycles. The second-order valence-electron chi connectivity index (χ2n) is 9.06. The minimum Gasteiger partial charge on any atom is -0.484 e. The summed E-state index contributed by atoms with van der Waals surface area (Å²) < 4.78 is 11.5. The Hall–Kier alpha value is -1.71. The van der Waals surface area contributed by atoms with Crippen molar-refractivity contribution in [2.24, 2.45) is 23.2 Å². The quantitative estimate of drug-likeness (QED) is 0.464. The molecule has 1 aromatic carbocycles. The number of allylic oxidation sites excluding steroid dienone is 1. The van der Waals surface area contributed by atoms with Crippen molar-refractivity contribution in [1.82, 2.24) is 0 Å². The molecule has 29 heavy (non-hydrogen) atoms. The Bertz CT molecular complexity index is 924. The first-order chi connectivity index (χ1) is 14.0. The lowest BCUT2D eigenvalue weighted by molar-refractivity contribution is -0.138.